The van der Waals surface area contributed by atoms with Crippen LogP contribution in [0.1, 0.15) is 25.3 Å². The standard InChI is InChI=1S/C17H27N3O/c1-3-21-12-15-6-8-19(2)17(9-15)13-20(14-17)11-16-5-4-7-18-10-16/h4-5,7,10,15H,3,6,8-9,11-14H2,1-2H3/t15-/m1/s1. The summed E-state index contributed by atoms with van der Waals surface area (Å²) < 4.78 is 5.65. The quantitative estimate of drug-likeness (QED) is 0.829. The molecule has 2 aliphatic heterocycles. The van der Waals surface area contributed by atoms with Gasteiger partial charge in [0.15, 0.2) is 0 Å². The van der Waals surface area contributed by atoms with Crippen molar-refractivity contribution in [2.75, 3.05) is 39.9 Å². The van der Waals surface area contributed by atoms with Crippen molar-refractivity contribution in [1.82, 2.24) is 14.8 Å². The van der Waals surface area contributed by atoms with Gasteiger partial charge in [0.25, 0.3) is 0 Å². The molecule has 0 aliphatic carbocycles. The minimum atomic E-state index is 0.391. The highest BCUT2D eigenvalue weighted by Gasteiger charge is 2.48. The summed E-state index contributed by atoms with van der Waals surface area (Å²) >= 11 is 0. The van der Waals surface area contributed by atoms with Gasteiger partial charge < -0.3 is 4.74 Å². The van der Waals surface area contributed by atoms with Crippen LogP contribution >= 0.6 is 0 Å². The number of likely N-dealkylation sites (tertiary alicyclic amines) is 2. The van der Waals surface area contributed by atoms with Crippen LogP contribution in [0.2, 0.25) is 0 Å². The second-order valence-corrected chi connectivity index (χ2v) is 6.67. The van der Waals surface area contributed by atoms with E-state index in [0.717, 1.165) is 25.7 Å². The first kappa shape index (κ1) is 14.9. The molecule has 0 unspecified atom stereocenters. The molecular weight excluding hydrogens is 262 g/mol. The van der Waals surface area contributed by atoms with Crippen molar-refractivity contribution in [2.45, 2.75) is 31.8 Å². The third-order valence-electron chi connectivity index (χ3n) is 5.07. The molecule has 0 radical (unpaired) electrons. The van der Waals surface area contributed by atoms with Crippen LogP contribution in [0.25, 0.3) is 0 Å². The summed E-state index contributed by atoms with van der Waals surface area (Å²) in [4.78, 5) is 9.32. The first-order valence-electron chi connectivity index (χ1n) is 8.12. The molecule has 4 nitrogen and oxygen atoms in total. The average Bonchev–Trinajstić information content (AvgIpc) is 2.47. The maximum absolute atomic E-state index is 5.65. The first-order valence-corrected chi connectivity index (χ1v) is 8.12. The van der Waals surface area contributed by atoms with E-state index < -0.39 is 0 Å². The van der Waals surface area contributed by atoms with Crippen LogP contribution in [0.15, 0.2) is 24.5 Å². The lowest BCUT2D eigenvalue weighted by Crippen LogP contribution is -2.71. The highest BCUT2D eigenvalue weighted by molar-refractivity contribution is 5.12. The Kier molecular flexibility index (Phi) is 4.57. The topological polar surface area (TPSA) is 28.6 Å². The maximum atomic E-state index is 5.65. The minimum absolute atomic E-state index is 0.391. The Morgan fingerprint density at radius 3 is 3.00 bits per heavy atom. The summed E-state index contributed by atoms with van der Waals surface area (Å²) in [6.07, 6.45) is 6.38. The summed E-state index contributed by atoms with van der Waals surface area (Å²) in [7, 11) is 2.29. The van der Waals surface area contributed by atoms with Gasteiger partial charge in [0.2, 0.25) is 0 Å². The summed E-state index contributed by atoms with van der Waals surface area (Å²) in [5.41, 5.74) is 1.71. The third-order valence-corrected chi connectivity index (χ3v) is 5.07. The number of rotatable bonds is 5. The van der Waals surface area contributed by atoms with Gasteiger partial charge in [-0.3, -0.25) is 14.8 Å². The Balaban J connectivity index is 1.54. The second kappa shape index (κ2) is 6.42. The van der Waals surface area contributed by atoms with Crippen molar-refractivity contribution in [1.29, 1.82) is 0 Å². The summed E-state index contributed by atoms with van der Waals surface area (Å²) in [6.45, 7) is 8.46. The zero-order chi connectivity index (χ0) is 14.7. The Labute approximate surface area is 128 Å². The molecule has 0 saturated carbocycles. The molecule has 2 fully saturated rings. The maximum Gasteiger partial charge on any atom is 0.0495 e. The number of hydrogen-bond acceptors (Lipinski definition) is 4. The van der Waals surface area contributed by atoms with E-state index in [2.05, 4.69) is 34.8 Å². The Morgan fingerprint density at radius 1 is 1.43 bits per heavy atom. The van der Waals surface area contributed by atoms with Gasteiger partial charge in [-0.15, -0.1) is 0 Å². The molecule has 4 heteroatoms. The van der Waals surface area contributed by atoms with Crippen molar-refractivity contribution in [3.05, 3.63) is 30.1 Å². The lowest BCUT2D eigenvalue weighted by molar-refractivity contribution is -0.0922. The zero-order valence-electron chi connectivity index (χ0n) is 13.3. The summed E-state index contributed by atoms with van der Waals surface area (Å²) in [5.74, 6) is 0.738. The molecule has 116 valence electrons. The predicted octanol–water partition coefficient (Wildman–Crippen LogP) is 2.01. The summed E-state index contributed by atoms with van der Waals surface area (Å²) in [6, 6.07) is 4.19. The molecule has 2 saturated heterocycles. The van der Waals surface area contributed by atoms with E-state index in [1.165, 1.54) is 38.0 Å². The highest BCUT2D eigenvalue weighted by atomic mass is 16.5. The van der Waals surface area contributed by atoms with Crippen LogP contribution in [0, 0.1) is 5.92 Å². The number of ether oxygens (including phenoxy) is 1. The fraction of sp³-hybridized carbons (Fsp3) is 0.706. The monoisotopic (exact) mass is 289 g/mol. The molecule has 1 aromatic heterocycles. The van der Waals surface area contributed by atoms with Gasteiger partial charge in [0.1, 0.15) is 0 Å². The SMILES string of the molecule is CCOC[C@@H]1CCN(C)C2(C1)CN(Cc1cccnc1)C2. The zero-order valence-corrected chi connectivity index (χ0v) is 13.3. The van der Waals surface area contributed by atoms with Gasteiger partial charge in [-0.1, -0.05) is 6.07 Å². The van der Waals surface area contributed by atoms with Gasteiger partial charge in [-0.2, -0.15) is 0 Å². The fourth-order valence-corrected chi connectivity index (χ4v) is 3.85. The van der Waals surface area contributed by atoms with Crippen LogP contribution in [-0.2, 0) is 11.3 Å². The molecule has 3 heterocycles. The van der Waals surface area contributed by atoms with Gasteiger partial charge in [-0.05, 0) is 50.9 Å². The van der Waals surface area contributed by atoms with Gasteiger partial charge in [-0.25, -0.2) is 0 Å². The number of piperidine rings is 1. The van der Waals surface area contributed by atoms with Crippen molar-refractivity contribution >= 4 is 0 Å². The summed E-state index contributed by atoms with van der Waals surface area (Å²) in [5, 5.41) is 0. The number of nitrogens with zero attached hydrogens (tertiary/aromatic N) is 3. The van der Waals surface area contributed by atoms with Crippen molar-refractivity contribution < 1.29 is 4.74 Å². The van der Waals surface area contributed by atoms with E-state index in [9.17, 15) is 0 Å². The van der Waals surface area contributed by atoms with Crippen LogP contribution in [-0.4, -0.2) is 60.2 Å². The molecular formula is C17H27N3O. The van der Waals surface area contributed by atoms with Gasteiger partial charge >= 0.3 is 0 Å². The molecule has 3 rings (SSSR count). The second-order valence-electron chi connectivity index (χ2n) is 6.67. The smallest absolute Gasteiger partial charge is 0.0495 e. The molecule has 0 bridgehead atoms. The average molecular weight is 289 g/mol. The lowest BCUT2D eigenvalue weighted by Gasteiger charge is -2.58. The van der Waals surface area contributed by atoms with E-state index in [-0.39, 0.29) is 0 Å². The highest BCUT2D eigenvalue weighted by Crippen LogP contribution is 2.38. The molecule has 1 atom stereocenters. The molecule has 1 spiro atoms. The van der Waals surface area contributed by atoms with E-state index in [0.29, 0.717) is 5.54 Å². The molecule has 1 aromatic rings. The number of likely N-dealkylation sites (N-methyl/N-ethyl adjacent to an activating group) is 1. The van der Waals surface area contributed by atoms with Gasteiger partial charge in [0, 0.05) is 50.8 Å². The molecule has 0 amide bonds. The predicted molar refractivity (Wildman–Crippen MR) is 84.1 cm³/mol. The van der Waals surface area contributed by atoms with E-state index in [1.807, 2.05) is 18.5 Å². The largest absolute Gasteiger partial charge is 0.381 e. The minimum Gasteiger partial charge on any atom is -0.381 e. The van der Waals surface area contributed by atoms with Crippen LogP contribution in [0.4, 0.5) is 0 Å². The van der Waals surface area contributed by atoms with Crippen LogP contribution in [0.5, 0.6) is 0 Å². The van der Waals surface area contributed by atoms with Crippen molar-refractivity contribution in [3.63, 3.8) is 0 Å². The van der Waals surface area contributed by atoms with E-state index in [1.54, 1.807) is 0 Å². The van der Waals surface area contributed by atoms with Crippen LogP contribution in [0.3, 0.4) is 0 Å². The Hall–Kier alpha value is -0.970. The normalized spacial score (nSPS) is 25.9. The number of aromatic nitrogens is 1. The van der Waals surface area contributed by atoms with Crippen LogP contribution < -0.4 is 0 Å². The van der Waals surface area contributed by atoms with E-state index >= 15 is 0 Å². The van der Waals surface area contributed by atoms with E-state index in [4.69, 9.17) is 4.74 Å². The first-order chi connectivity index (χ1) is 10.2. The van der Waals surface area contributed by atoms with Gasteiger partial charge in [0.05, 0.1) is 0 Å². The molecule has 0 aromatic carbocycles. The Bertz CT molecular complexity index is 443. The lowest BCUT2D eigenvalue weighted by atomic mass is 9.75. The Morgan fingerprint density at radius 2 is 2.29 bits per heavy atom. The van der Waals surface area contributed by atoms with Crippen molar-refractivity contribution in [2.24, 2.45) is 5.92 Å². The van der Waals surface area contributed by atoms with Crippen molar-refractivity contribution in [3.8, 4) is 0 Å². The molecule has 2 aliphatic rings. The molecule has 0 N–H and O–H groups in total. The number of pyridine rings is 1. The third kappa shape index (κ3) is 3.28. The fourth-order valence-electron chi connectivity index (χ4n) is 3.85. The molecule has 21 heavy (non-hydrogen) atoms. The number of hydrogen-bond donors (Lipinski definition) is 0.